The third-order valence-corrected chi connectivity index (χ3v) is 4.28. The minimum Gasteiger partial charge on any atom is -0.356 e. The third kappa shape index (κ3) is 4.62. The van der Waals surface area contributed by atoms with Gasteiger partial charge in [0.25, 0.3) is 0 Å². The molecular weight excluding hydrogens is 323 g/mol. The predicted molar refractivity (Wildman–Crippen MR) is 89.2 cm³/mol. The Morgan fingerprint density at radius 1 is 1.18 bits per heavy atom. The van der Waals surface area contributed by atoms with Crippen molar-refractivity contribution in [2.45, 2.75) is 32.6 Å². The second-order valence-electron chi connectivity index (χ2n) is 5.56. The van der Waals surface area contributed by atoms with Gasteiger partial charge in [-0.3, -0.25) is 9.59 Å². The van der Waals surface area contributed by atoms with Crippen LogP contribution >= 0.6 is 23.2 Å². The Hall–Kier alpha value is -1.26. The molecule has 0 bridgehead atoms. The Morgan fingerprint density at radius 3 is 2.59 bits per heavy atom. The zero-order valence-corrected chi connectivity index (χ0v) is 14.0. The van der Waals surface area contributed by atoms with Crippen LogP contribution in [0.15, 0.2) is 18.2 Å². The standard InChI is InChI=1S/C16H20Cl2N2O2/c1-2-3-4-7-19-15(21)11-9-12(11)16(22)20-14-6-5-10(17)8-13(14)18/h5-6,8,11-12H,2-4,7,9H2,1H3,(H,19,21)(H,20,22). The molecule has 2 rings (SSSR count). The summed E-state index contributed by atoms with van der Waals surface area (Å²) in [6.45, 7) is 2.80. The molecule has 0 saturated heterocycles. The highest BCUT2D eigenvalue weighted by Gasteiger charge is 2.47. The van der Waals surface area contributed by atoms with Gasteiger partial charge in [-0.05, 0) is 31.0 Å². The average Bonchev–Trinajstić information content (AvgIpc) is 3.27. The lowest BCUT2D eigenvalue weighted by Gasteiger charge is -2.07. The van der Waals surface area contributed by atoms with Crippen LogP contribution in [0.5, 0.6) is 0 Å². The number of carbonyl (C=O) groups excluding carboxylic acids is 2. The first-order valence-electron chi connectivity index (χ1n) is 7.56. The van der Waals surface area contributed by atoms with Crippen LogP contribution in [0.3, 0.4) is 0 Å². The average molecular weight is 343 g/mol. The van der Waals surface area contributed by atoms with Gasteiger partial charge < -0.3 is 10.6 Å². The van der Waals surface area contributed by atoms with Crippen molar-refractivity contribution in [1.29, 1.82) is 0 Å². The summed E-state index contributed by atoms with van der Waals surface area (Å²) >= 11 is 11.8. The van der Waals surface area contributed by atoms with E-state index in [2.05, 4.69) is 17.6 Å². The molecule has 0 radical (unpaired) electrons. The first kappa shape index (κ1) is 17.1. The second-order valence-corrected chi connectivity index (χ2v) is 6.40. The van der Waals surface area contributed by atoms with Crippen LogP contribution in [-0.2, 0) is 9.59 Å². The Balaban J connectivity index is 1.79. The van der Waals surface area contributed by atoms with Gasteiger partial charge in [0, 0.05) is 11.6 Å². The van der Waals surface area contributed by atoms with E-state index in [0.29, 0.717) is 28.7 Å². The Morgan fingerprint density at radius 2 is 1.91 bits per heavy atom. The maximum Gasteiger partial charge on any atom is 0.228 e. The Bertz CT molecular complexity index is 563. The maximum absolute atomic E-state index is 12.1. The van der Waals surface area contributed by atoms with E-state index in [-0.39, 0.29) is 23.7 Å². The predicted octanol–water partition coefficient (Wildman–Crippen LogP) is 3.87. The van der Waals surface area contributed by atoms with E-state index in [1.54, 1.807) is 18.2 Å². The van der Waals surface area contributed by atoms with E-state index in [1.165, 1.54) is 0 Å². The van der Waals surface area contributed by atoms with Gasteiger partial charge >= 0.3 is 0 Å². The summed E-state index contributed by atoms with van der Waals surface area (Å²) in [5.41, 5.74) is 0.519. The lowest BCUT2D eigenvalue weighted by molar-refractivity contribution is -0.125. The smallest absolute Gasteiger partial charge is 0.228 e. The summed E-state index contributed by atoms with van der Waals surface area (Å²) in [4.78, 5) is 24.0. The number of carbonyl (C=O) groups is 2. The molecule has 1 aliphatic rings. The highest BCUT2D eigenvalue weighted by Crippen LogP contribution is 2.40. The third-order valence-electron chi connectivity index (χ3n) is 3.73. The molecule has 0 spiro atoms. The molecule has 2 unspecified atom stereocenters. The van der Waals surface area contributed by atoms with Crippen molar-refractivity contribution in [3.8, 4) is 0 Å². The molecule has 2 atom stereocenters. The van der Waals surface area contributed by atoms with Crippen molar-refractivity contribution >= 4 is 40.7 Å². The fraction of sp³-hybridized carbons (Fsp3) is 0.500. The van der Waals surface area contributed by atoms with Gasteiger partial charge in [0.2, 0.25) is 11.8 Å². The molecule has 6 heteroatoms. The quantitative estimate of drug-likeness (QED) is 0.739. The number of halogens is 2. The van der Waals surface area contributed by atoms with Crippen molar-refractivity contribution in [2.75, 3.05) is 11.9 Å². The molecule has 0 aliphatic heterocycles. The number of rotatable bonds is 7. The molecule has 1 aliphatic carbocycles. The number of benzene rings is 1. The van der Waals surface area contributed by atoms with Gasteiger partial charge in [0.15, 0.2) is 0 Å². The maximum atomic E-state index is 12.1. The largest absolute Gasteiger partial charge is 0.356 e. The molecule has 1 fully saturated rings. The number of anilines is 1. The molecule has 1 aromatic rings. The molecule has 120 valence electrons. The molecule has 1 aromatic carbocycles. The van der Waals surface area contributed by atoms with Crippen molar-refractivity contribution in [3.05, 3.63) is 28.2 Å². The summed E-state index contributed by atoms with van der Waals surface area (Å²) in [6.07, 6.45) is 3.79. The highest BCUT2D eigenvalue weighted by molar-refractivity contribution is 6.36. The zero-order chi connectivity index (χ0) is 16.1. The first-order valence-corrected chi connectivity index (χ1v) is 8.32. The number of hydrogen-bond acceptors (Lipinski definition) is 2. The fourth-order valence-corrected chi connectivity index (χ4v) is 2.76. The van der Waals surface area contributed by atoms with Crippen LogP contribution in [0, 0.1) is 11.8 Å². The summed E-state index contributed by atoms with van der Waals surface area (Å²) in [5.74, 6) is -0.679. The van der Waals surface area contributed by atoms with Crippen LogP contribution in [-0.4, -0.2) is 18.4 Å². The number of amides is 2. The normalized spacial score (nSPS) is 19.6. The van der Waals surface area contributed by atoms with Crippen molar-refractivity contribution < 1.29 is 9.59 Å². The minimum atomic E-state index is -0.266. The van der Waals surface area contributed by atoms with Crippen LogP contribution in [0.4, 0.5) is 5.69 Å². The molecule has 1 saturated carbocycles. The molecule has 0 heterocycles. The molecule has 4 nitrogen and oxygen atoms in total. The van der Waals surface area contributed by atoms with E-state index in [0.717, 1.165) is 19.3 Å². The van der Waals surface area contributed by atoms with Crippen LogP contribution in [0.25, 0.3) is 0 Å². The number of unbranched alkanes of at least 4 members (excludes halogenated alkanes) is 2. The van der Waals surface area contributed by atoms with Crippen molar-refractivity contribution in [1.82, 2.24) is 5.32 Å². The van der Waals surface area contributed by atoms with Crippen molar-refractivity contribution in [2.24, 2.45) is 11.8 Å². The van der Waals surface area contributed by atoms with Gasteiger partial charge in [0.1, 0.15) is 0 Å². The van der Waals surface area contributed by atoms with E-state index < -0.39 is 0 Å². The zero-order valence-electron chi connectivity index (χ0n) is 12.5. The lowest BCUT2D eigenvalue weighted by atomic mass is 10.2. The van der Waals surface area contributed by atoms with Gasteiger partial charge in [-0.1, -0.05) is 43.0 Å². The number of nitrogens with one attached hydrogen (secondary N) is 2. The van der Waals surface area contributed by atoms with E-state index >= 15 is 0 Å². The van der Waals surface area contributed by atoms with E-state index in [4.69, 9.17) is 23.2 Å². The molecule has 2 amide bonds. The SMILES string of the molecule is CCCCCNC(=O)C1CC1C(=O)Nc1ccc(Cl)cc1Cl. The van der Waals surface area contributed by atoms with Crippen molar-refractivity contribution in [3.63, 3.8) is 0 Å². The first-order chi connectivity index (χ1) is 10.5. The van der Waals surface area contributed by atoms with Gasteiger partial charge in [0.05, 0.1) is 22.5 Å². The summed E-state index contributed by atoms with van der Waals surface area (Å²) in [5, 5.41) is 6.54. The molecular formula is C16H20Cl2N2O2. The summed E-state index contributed by atoms with van der Waals surface area (Å²) < 4.78 is 0. The van der Waals surface area contributed by atoms with E-state index in [9.17, 15) is 9.59 Å². The monoisotopic (exact) mass is 342 g/mol. The highest BCUT2D eigenvalue weighted by atomic mass is 35.5. The van der Waals surface area contributed by atoms with Gasteiger partial charge in [-0.15, -0.1) is 0 Å². The van der Waals surface area contributed by atoms with Gasteiger partial charge in [-0.2, -0.15) is 0 Å². The van der Waals surface area contributed by atoms with Crippen LogP contribution in [0.1, 0.15) is 32.6 Å². The topological polar surface area (TPSA) is 58.2 Å². The van der Waals surface area contributed by atoms with Crippen LogP contribution in [0.2, 0.25) is 10.0 Å². The molecule has 0 aromatic heterocycles. The minimum absolute atomic E-state index is 0.0292. The fourth-order valence-electron chi connectivity index (χ4n) is 2.31. The number of hydrogen-bond donors (Lipinski definition) is 2. The molecule has 2 N–H and O–H groups in total. The second kappa shape index (κ2) is 7.84. The summed E-state index contributed by atoms with van der Waals surface area (Å²) in [6, 6.07) is 4.89. The Kier molecular flexibility index (Phi) is 6.09. The van der Waals surface area contributed by atoms with Gasteiger partial charge in [-0.25, -0.2) is 0 Å². The Labute approximate surface area is 140 Å². The molecule has 22 heavy (non-hydrogen) atoms. The van der Waals surface area contributed by atoms with Crippen LogP contribution < -0.4 is 10.6 Å². The summed E-state index contributed by atoms with van der Waals surface area (Å²) in [7, 11) is 0. The van der Waals surface area contributed by atoms with E-state index in [1.807, 2.05) is 0 Å². The lowest BCUT2D eigenvalue weighted by Crippen LogP contribution is -2.28.